The van der Waals surface area contributed by atoms with Gasteiger partial charge in [-0.1, -0.05) is 13.3 Å². The quantitative estimate of drug-likeness (QED) is 0.727. The number of unbranched alkanes of at least 4 members (excludes halogenated alkanes) is 1. The number of carbonyl (C=O) groups excluding carboxylic acids is 1. The summed E-state index contributed by atoms with van der Waals surface area (Å²) in [6.45, 7) is 2.05. The van der Waals surface area contributed by atoms with Crippen LogP contribution >= 0.6 is 0 Å². The number of ether oxygens (including phenoxy) is 1. The minimum absolute atomic E-state index is 0.224. The highest BCUT2D eigenvalue weighted by Crippen LogP contribution is 2.21. The second-order valence-corrected chi connectivity index (χ2v) is 3.32. The summed E-state index contributed by atoms with van der Waals surface area (Å²) in [6.07, 6.45) is 3.09. The number of aliphatic carboxylic acids is 1. The minimum atomic E-state index is -1.01. The lowest BCUT2D eigenvalue weighted by molar-refractivity contribution is -0.141. The van der Waals surface area contributed by atoms with Crippen molar-refractivity contribution in [2.75, 3.05) is 0 Å². The van der Waals surface area contributed by atoms with Crippen LogP contribution in [0.5, 0.6) is 0 Å². The summed E-state index contributed by atoms with van der Waals surface area (Å²) in [5.41, 5.74) is 0. The van der Waals surface area contributed by atoms with E-state index >= 15 is 0 Å². The van der Waals surface area contributed by atoms with Crippen LogP contribution in [0.1, 0.15) is 32.6 Å². The highest BCUT2D eigenvalue weighted by Gasteiger charge is 2.28. The number of ketones is 1. The number of carboxylic acids is 1. The van der Waals surface area contributed by atoms with Crippen molar-refractivity contribution in [3.63, 3.8) is 0 Å². The molecule has 0 saturated carbocycles. The molecule has 1 unspecified atom stereocenters. The Hall–Kier alpha value is -1.32. The largest absolute Gasteiger partial charge is 0.486 e. The highest BCUT2D eigenvalue weighted by molar-refractivity contribution is 5.97. The van der Waals surface area contributed by atoms with E-state index in [4.69, 9.17) is 9.84 Å². The third-order valence-electron chi connectivity index (χ3n) is 2.05. The Balaban J connectivity index is 2.42. The molecule has 0 spiro atoms. The van der Waals surface area contributed by atoms with Gasteiger partial charge in [-0.3, -0.25) is 9.59 Å². The molecule has 0 aromatic carbocycles. The molecule has 1 aliphatic heterocycles. The van der Waals surface area contributed by atoms with Crippen molar-refractivity contribution >= 4 is 11.8 Å². The molecule has 4 nitrogen and oxygen atoms in total. The second kappa shape index (κ2) is 4.79. The molecule has 1 atom stereocenters. The van der Waals surface area contributed by atoms with Crippen LogP contribution in [0.3, 0.4) is 0 Å². The lowest BCUT2D eigenvalue weighted by Crippen LogP contribution is -2.20. The molecular weight excluding hydrogens is 184 g/mol. The Morgan fingerprint density at radius 1 is 1.64 bits per heavy atom. The molecule has 0 aromatic rings. The van der Waals surface area contributed by atoms with Crippen molar-refractivity contribution in [1.29, 1.82) is 0 Å². The summed E-state index contributed by atoms with van der Waals surface area (Å²) in [6, 6.07) is 0. The fourth-order valence-corrected chi connectivity index (χ4v) is 1.31. The molecule has 14 heavy (non-hydrogen) atoms. The molecule has 78 valence electrons. The zero-order valence-electron chi connectivity index (χ0n) is 8.16. The predicted octanol–water partition coefficient (Wildman–Crippen LogP) is 1.50. The summed E-state index contributed by atoms with van der Waals surface area (Å²) in [7, 11) is 0. The van der Waals surface area contributed by atoms with Gasteiger partial charge in [0.15, 0.2) is 11.9 Å². The predicted molar refractivity (Wildman–Crippen MR) is 49.7 cm³/mol. The third kappa shape index (κ3) is 2.87. The maximum Gasteiger partial charge on any atom is 0.307 e. The first-order valence-electron chi connectivity index (χ1n) is 4.76. The van der Waals surface area contributed by atoms with Crippen LogP contribution in [-0.4, -0.2) is 23.0 Å². The molecule has 0 saturated heterocycles. The fraction of sp³-hybridized carbons (Fsp3) is 0.600. The van der Waals surface area contributed by atoms with Crippen molar-refractivity contribution in [2.45, 2.75) is 38.7 Å². The van der Waals surface area contributed by atoms with Crippen molar-refractivity contribution in [1.82, 2.24) is 0 Å². The van der Waals surface area contributed by atoms with Gasteiger partial charge in [-0.05, 0) is 6.42 Å². The van der Waals surface area contributed by atoms with E-state index in [2.05, 4.69) is 0 Å². The molecule has 0 fully saturated rings. The number of hydrogen-bond acceptors (Lipinski definition) is 3. The zero-order valence-corrected chi connectivity index (χ0v) is 8.16. The van der Waals surface area contributed by atoms with Crippen molar-refractivity contribution in [3.8, 4) is 0 Å². The Bertz CT molecular complexity index is 267. The molecule has 0 amide bonds. The number of hydrogen-bond donors (Lipinski definition) is 1. The molecule has 0 aromatic heterocycles. The van der Waals surface area contributed by atoms with Crippen LogP contribution in [-0.2, 0) is 14.3 Å². The molecule has 1 rings (SSSR count). The van der Waals surface area contributed by atoms with Crippen LogP contribution in [0.2, 0.25) is 0 Å². The first-order valence-corrected chi connectivity index (χ1v) is 4.76. The van der Waals surface area contributed by atoms with Gasteiger partial charge in [0.05, 0.1) is 6.42 Å². The summed E-state index contributed by atoms with van der Waals surface area (Å²) in [4.78, 5) is 21.6. The Morgan fingerprint density at radius 2 is 2.36 bits per heavy atom. The van der Waals surface area contributed by atoms with Crippen LogP contribution in [0, 0.1) is 0 Å². The normalized spacial score (nSPS) is 20.5. The monoisotopic (exact) mass is 198 g/mol. The molecule has 0 radical (unpaired) electrons. The molecule has 1 aliphatic rings. The molecule has 1 heterocycles. The Morgan fingerprint density at radius 3 is 2.93 bits per heavy atom. The average molecular weight is 198 g/mol. The van der Waals surface area contributed by atoms with E-state index in [1.165, 1.54) is 6.08 Å². The van der Waals surface area contributed by atoms with Gasteiger partial charge >= 0.3 is 5.97 Å². The first kappa shape index (κ1) is 10.8. The van der Waals surface area contributed by atoms with Crippen molar-refractivity contribution in [3.05, 3.63) is 11.8 Å². The molecule has 4 heteroatoms. The molecule has 0 aliphatic carbocycles. The van der Waals surface area contributed by atoms with E-state index in [0.717, 1.165) is 19.3 Å². The topological polar surface area (TPSA) is 63.6 Å². The Kier molecular flexibility index (Phi) is 3.68. The summed E-state index contributed by atoms with van der Waals surface area (Å²) in [5.74, 6) is -0.602. The van der Waals surface area contributed by atoms with Crippen LogP contribution in [0.4, 0.5) is 0 Å². The number of allylic oxidation sites excluding steroid dienone is 1. The van der Waals surface area contributed by atoms with Crippen LogP contribution < -0.4 is 0 Å². The smallest absolute Gasteiger partial charge is 0.307 e. The lowest BCUT2D eigenvalue weighted by atomic mass is 10.2. The summed E-state index contributed by atoms with van der Waals surface area (Å²) < 4.78 is 5.22. The summed E-state index contributed by atoms with van der Waals surface area (Å²) >= 11 is 0. The van der Waals surface area contributed by atoms with E-state index in [1.807, 2.05) is 6.92 Å². The van der Waals surface area contributed by atoms with Gasteiger partial charge in [-0.25, -0.2) is 0 Å². The van der Waals surface area contributed by atoms with E-state index in [1.54, 1.807) is 0 Å². The minimum Gasteiger partial charge on any atom is -0.486 e. The fourth-order valence-electron chi connectivity index (χ4n) is 1.31. The van der Waals surface area contributed by atoms with Gasteiger partial charge in [0, 0.05) is 12.5 Å². The van der Waals surface area contributed by atoms with E-state index in [9.17, 15) is 9.59 Å². The van der Waals surface area contributed by atoms with Gasteiger partial charge < -0.3 is 9.84 Å². The summed E-state index contributed by atoms with van der Waals surface area (Å²) in [5, 5.41) is 8.50. The SMILES string of the molecule is CCCCC1=CC(=O)C(CC(=O)O)O1. The van der Waals surface area contributed by atoms with Crippen LogP contribution in [0.15, 0.2) is 11.8 Å². The standard InChI is InChI=1S/C10H14O4/c1-2-3-4-7-5-8(11)9(14-7)6-10(12)13/h5,9H,2-4,6H2,1H3,(H,12,13). The van der Waals surface area contributed by atoms with E-state index in [0.29, 0.717) is 5.76 Å². The number of carboxylic acid groups (broad SMARTS) is 1. The third-order valence-corrected chi connectivity index (χ3v) is 2.05. The highest BCUT2D eigenvalue weighted by atomic mass is 16.5. The van der Waals surface area contributed by atoms with Crippen LogP contribution in [0.25, 0.3) is 0 Å². The van der Waals surface area contributed by atoms with E-state index in [-0.39, 0.29) is 12.2 Å². The lowest BCUT2D eigenvalue weighted by Gasteiger charge is -2.08. The Labute approximate surface area is 82.6 Å². The first-order chi connectivity index (χ1) is 6.63. The number of carbonyl (C=O) groups is 2. The average Bonchev–Trinajstić information content (AvgIpc) is 2.43. The van der Waals surface area contributed by atoms with Gasteiger partial charge in [0.2, 0.25) is 0 Å². The van der Waals surface area contributed by atoms with Crippen molar-refractivity contribution in [2.24, 2.45) is 0 Å². The van der Waals surface area contributed by atoms with Gasteiger partial charge in [0.1, 0.15) is 5.76 Å². The van der Waals surface area contributed by atoms with Gasteiger partial charge in [0.25, 0.3) is 0 Å². The number of rotatable bonds is 5. The molecule has 1 N–H and O–H groups in total. The zero-order chi connectivity index (χ0) is 10.6. The van der Waals surface area contributed by atoms with Gasteiger partial charge in [-0.2, -0.15) is 0 Å². The molecular formula is C10H14O4. The van der Waals surface area contributed by atoms with E-state index < -0.39 is 12.1 Å². The maximum atomic E-state index is 11.2. The van der Waals surface area contributed by atoms with Gasteiger partial charge in [-0.15, -0.1) is 0 Å². The van der Waals surface area contributed by atoms with Crippen molar-refractivity contribution < 1.29 is 19.4 Å². The molecule has 0 bridgehead atoms. The maximum absolute atomic E-state index is 11.2. The second-order valence-electron chi connectivity index (χ2n) is 3.32.